The third-order valence-corrected chi connectivity index (χ3v) is 5.04. The third kappa shape index (κ3) is 3.36. The zero-order valence-corrected chi connectivity index (χ0v) is 15.9. The molecule has 0 saturated carbocycles. The lowest BCUT2D eigenvalue weighted by Gasteiger charge is -2.20. The summed E-state index contributed by atoms with van der Waals surface area (Å²) in [5.74, 6) is 0.582. The van der Waals surface area contributed by atoms with Crippen molar-refractivity contribution in [2.75, 3.05) is 5.32 Å². The number of hydrogen-bond acceptors (Lipinski definition) is 2. The molecule has 1 atom stereocenters. The molecule has 136 valence electrons. The normalized spacial score (nSPS) is 18.7. The summed E-state index contributed by atoms with van der Waals surface area (Å²) in [5.41, 5.74) is 5.59. The van der Waals surface area contributed by atoms with E-state index in [4.69, 9.17) is 4.74 Å². The summed E-state index contributed by atoms with van der Waals surface area (Å²) < 4.78 is 19.4. The highest BCUT2D eigenvalue weighted by atomic mass is 19.1. The van der Waals surface area contributed by atoms with Gasteiger partial charge in [-0.15, -0.1) is 0 Å². The van der Waals surface area contributed by atoms with Crippen LogP contribution in [0.4, 0.5) is 10.1 Å². The van der Waals surface area contributed by atoms with E-state index in [2.05, 4.69) is 5.32 Å². The van der Waals surface area contributed by atoms with E-state index in [0.717, 1.165) is 45.7 Å². The van der Waals surface area contributed by atoms with Gasteiger partial charge < -0.3 is 10.1 Å². The average Bonchev–Trinajstić information content (AvgIpc) is 2.95. The van der Waals surface area contributed by atoms with Gasteiger partial charge in [0.1, 0.15) is 17.2 Å². The van der Waals surface area contributed by atoms with Gasteiger partial charge >= 0.3 is 0 Å². The van der Waals surface area contributed by atoms with Crippen molar-refractivity contribution in [3.05, 3.63) is 64.0 Å². The minimum Gasteiger partial charge on any atom is -0.483 e. The predicted molar refractivity (Wildman–Crippen MR) is 103 cm³/mol. The lowest BCUT2D eigenvalue weighted by Crippen LogP contribution is -2.27. The fraction of sp³-hybridized carbons (Fsp3) is 0.318. The number of ether oxygens (including phenoxy) is 1. The van der Waals surface area contributed by atoms with Gasteiger partial charge in [-0.1, -0.05) is 18.2 Å². The van der Waals surface area contributed by atoms with Crippen LogP contribution in [0.3, 0.4) is 0 Å². The van der Waals surface area contributed by atoms with Crippen molar-refractivity contribution in [2.45, 2.75) is 46.6 Å². The molecule has 2 aromatic rings. The first-order valence-electron chi connectivity index (χ1n) is 8.74. The first kappa shape index (κ1) is 18.2. The molecule has 0 spiro atoms. The van der Waals surface area contributed by atoms with Crippen LogP contribution in [-0.4, -0.2) is 11.5 Å². The molecular formula is C22H24FNO2. The molecule has 1 unspecified atom stereocenters. The first-order chi connectivity index (χ1) is 12.2. The summed E-state index contributed by atoms with van der Waals surface area (Å²) in [7, 11) is 0. The Hall–Kier alpha value is -2.62. The molecule has 1 N–H and O–H groups in total. The number of anilines is 1. The van der Waals surface area contributed by atoms with E-state index in [-0.39, 0.29) is 11.7 Å². The highest BCUT2D eigenvalue weighted by Gasteiger charge is 2.36. The second-order valence-electron chi connectivity index (χ2n) is 7.22. The number of fused-ring (bicyclic) bond motifs is 1. The second kappa shape index (κ2) is 6.60. The lowest BCUT2D eigenvalue weighted by molar-refractivity contribution is -0.114. The number of hydrogen-bond donors (Lipinski definition) is 1. The molecule has 0 aromatic heterocycles. The number of amides is 1. The fourth-order valence-corrected chi connectivity index (χ4v) is 3.46. The molecule has 1 aliphatic rings. The maximum Gasteiger partial charge on any atom is 0.221 e. The Kier molecular flexibility index (Phi) is 4.61. The maximum atomic E-state index is 13.1. The zero-order chi connectivity index (χ0) is 19.1. The predicted octanol–water partition coefficient (Wildman–Crippen LogP) is 5.12. The van der Waals surface area contributed by atoms with Crippen molar-refractivity contribution in [1.29, 1.82) is 0 Å². The fourth-order valence-electron chi connectivity index (χ4n) is 3.46. The molecular weight excluding hydrogens is 329 g/mol. The van der Waals surface area contributed by atoms with Crippen molar-refractivity contribution in [1.82, 2.24) is 0 Å². The topological polar surface area (TPSA) is 38.3 Å². The van der Waals surface area contributed by atoms with Crippen molar-refractivity contribution < 1.29 is 13.9 Å². The Morgan fingerprint density at radius 1 is 1.15 bits per heavy atom. The van der Waals surface area contributed by atoms with Crippen molar-refractivity contribution in [3.63, 3.8) is 0 Å². The van der Waals surface area contributed by atoms with Crippen LogP contribution in [0.2, 0.25) is 0 Å². The number of carbonyl (C=O) groups excluding carboxylic acids is 1. The minimum atomic E-state index is -0.479. The van der Waals surface area contributed by atoms with E-state index < -0.39 is 5.60 Å². The lowest BCUT2D eigenvalue weighted by atomic mass is 9.91. The van der Waals surface area contributed by atoms with E-state index in [1.807, 2.05) is 39.8 Å². The summed E-state index contributed by atoms with van der Waals surface area (Å²) in [4.78, 5) is 11.6. The first-order valence-corrected chi connectivity index (χ1v) is 8.74. The van der Waals surface area contributed by atoms with Crippen molar-refractivity contribution in [2.24, 2.45) is 0 Å². The maximum absolute atomic E-state index is 13.1. The third-order valence-electron chi connectivity index (χ3n) is 5.04. The Labute approximate surface area is 153 Å². The van der Waals surface area contributed by atoms with Gasteiger partial charge in [0, 0.05) is 24.6 Å². The van der Waals surface area contributed by atoms with Crippen LogP contribution in [-0.2, 0) is 11.2 Å². The van der Waals surface area contributed by atoms with Crippen LogP contribution in [0.5, 0.6) is 5.75 Å². The van der Waals surface area contributed by atoms with E-state index in [1.54, 1.807) is 12.1 Å². The van der Waals surface area contributed by atoms with Gasteiger partial charge in [0.15, 0.2) is 0 Å². The highest BCUT2D eigenvalue weighted by Crippen LogP contribution is 2.45. The van der Waals surface area contributed by atoms with Gasteiger partial charge in [-0.3, -0.25) is 4.79 Å². The molecule has 1 heterocycles. The number of halogens is 1. The number of carbonyl (C=O) groups is 1. The summed E-state index contributed by atoms with van der Waals surface area (Å²) >= 11 is 0. The molecule has 26 heavy (non-hydrogen) atoms. The van der Waals surface area contributed by atoms with Crippen LogP contribution in [0.25, 0.3) is 6.08 Å². The van der Waals surface area contributed by atoms with Gasteiger partial charge in [0.05, 0.1) is 0 Å². The van der Waals surface area contributed by atoms with E-state index in [1.165, 1.54) is 19.1 Å². The smallest absolute Gasteiger partial charge is 0.221 e. The summed E-state index contributed by atoms with van der Waals surface area (Å²) in [5, 5.41) is 2.95. The van der Waals surface area contributed by atoms with Crippen LogP contribution < -0.4 is 10.1 Å². The molecule has 0 aliphatic carbocycles. The van der Waals surface area contributed by atoms with Crippen LogP contribution >= 0.6 is 0 Å². The molecule has 1 aliphatic heterocycles. The second-order valence-corrected chi connectivity index (χ2v) is 7.22. The molecule has 4 heteroatoms. The van der Waals surface area contributed by atoms with Crippen LogP contribution in [0.1, 0.15) is 41.7 Å². The Balaban J connectivity index is 1.94. The van der Waals surface area contributed by atoms with E-state index in [0.29, 0.717) is 0 Å². The summed E-state index contributed by atoms with van der Waals surface area (Å²) in [6.07, 6.45) is 4.70. The summed E-state index contributed by atoms with van der Waals surface area (Å²) in [6, 6.07) is 6.38. The Morgan fingerprint density at radius 3 is 2.42 bits per heavy atom. The molecule has 0 bridgehead atoms. The van der Waals surface area contributed by atoms with E-state index >= 15 is 0 Å². The quantitative estimate of drug-likeness (QED) is 0.832. The van der Waals surface area contributed by atoms with Crippen molar-refractivity contribution >= 4 is 17.7 Å². The SMILES string of the molecule is CC(=O)Nc1c(C)c(C)c2c(c1C)CC(C)(C=Cc1ccc(F)cc1)O2. The van der Waals surface area contributed by atoms with E-state index in [9.17, 15) is 9.18 Å². The van der Waals surface area contributed by atoms with Gasteiger partial charge in [-0.05, 0) is 68.2 Å². The Bertz CT molecular complexity index is 900. The van der Waals surface area contributed by atoms with Gasteiger partial charge in [0.2, 0.25) is 5.91 Å². The number of benzene rings is 2. The van der Waals surface area contributed by atoms with Gasteiger partial charge in [-0.25, -0.2) is 4.39 Å². The molecule has 3 nitrogen and oxygen atoms in total. The minimum absolute atomic E-state index is 0.0755. The molecule has 0 radical (unpaired) electrons. The Morgan fingerprint density at radius 2 is 1.81 bits per heavy atom. The molecule has 1 amide bonds. The largest absolute Gasteiger partial charge is 0.483 e. The monoisotopic (exact) mass is 353 g/mol. The number of rotatable bonds is 3. The van der Waals surface area contributed by atoms with Gasteiger partial charge in [-0.2, -0.15) is 0 Å². The molecule has 3 rings (SSSR count). The molecule has 0 saturated heterocycles. The molecule has 0 fully saturated rings. The summed E-state index contributed by atoms with van der Waals surface area (Å²) in [6.45, 7) is 9.61. The number of nitrogens with one attached hydrogen (secondary N) is 1. The van der Waals surface area contributed by atoms with Crippen LogP contribution in [0, 0.1) is 26.6 Å². The van der Waals surface area contributed by atoms with Gasteiger partial charge in [0.25, 0.3) is 0 Å². The highest BCUT2D eigenvalue weighted by molar-refractivity contribution is 5.91. The standard InChI is InChI=1S/C22H24FNO2/c1-13-14(2)21-19(15(3)20(13)24-16(4)25)12-22(5,26-21)11-10-17-6-8-18(23)9-7-17/h6-11H,12H2,1-5H3,(H,24,25). The van der Waals surface area contributed by atoms with Crippen molar-refractivity contribution in [3.8, 4) is 5.75 Å². The average molecular weight is 353 g/mol. The molecule has 2 aromatic carbocycles. The van der Waals surface area contributed by atoms with Crippen LogP contribution in [0.15, 0.2) is 30.3 Å². The zero-order valence-electron chi connectivity index (χ0n) is 15.9.